The van der Waals surface area contributed by atoms with E-state index in [2.05, 4.69) is 15.8 Å². The lowest BCUT2D eigenvalue weighted by Gasteiger charge is -2.09. The Labute approximate surface area is 181 Å². The standard InChI is InChI=1S/C19H20IN3O6/c1-27-14-5-4-12(8-15(14)28-2)19(26)21-10-17(24)23-22-9-11-6-13(20)18(25)16(7-11)29-3/h4-9,25H,10H2,1-3H3,(H,21,26)(H,23,24). The van der Waals surface area contributed by atoms with Crippen LogP contribution < -0.4 is 25.0 Å². The van der Waals surface area contributed by atoms with Gasteiger partial charge < -0.3 is 24.6 Å². The highest BCUT2D eigenvalue weighted by Crippen LogP contribution is 2.31. The SMILES string of the molecule is COc1ccc(C(=O)NCC(=O)NN=Cc2cc(I)c(O)c(OC)c2)cc1OC. The van der Waals surface area contributed by atoms with Gasteiger partial charge in [-0.1, -0.05) is 0 Å². The predicted octanol–water partition coefficient (Wildman–Crippen LogP) is 1.90. The Kier molecular flexibility index (Phi) is 8.07. The van der Waals surface area contributed by atoms with Gasteiger partial charge in [0.1, 0.15) is 0 Å². The topological polar surface area (TPSA) is 118 Å². The molecule has 0 aliphatic carbocycles. The number of hydrazone groups is 1. The first-order valence-corrected chi connectivity index (χ1v) is 9.36. The molecule has 9 nitrogen and oxygen atoms in total. The van der Waals surface area contributed by atoms with Crippen molar-refractivity contribution in [2.45, 2.75) is 0 Å². The van der Waals surface area contributed by atoms with Crippen LogP contribution in [0, 0.1) is 3.57 Å². The Morgan fingerprint density at radius 1 is 1.07 bits per heavy atom. The molecule has 2 amide bonds. The predicted molar refractivity (Wildman–Crippen MR) is 115 cm³/mol. The molecule has 10 heteroatoms. The molecule has 0 saturated carbocycles. The zero-order valence-electron chi connectivity index (χ0n) is 16.0. The van der Waals surface area contributed by atoms with Gasteiger partial charge >= 0.3 is 0 Å². The second-order valence-corrected chi connectivity index (χ2v) is 6.76. The van der Waals surface area contributed by atoms with Crippen LogP contribution in [0.25, 0.3) is 0 Å². The Bertz CT molecular complexity index is 932. The van der Waals surface area contributed by atoms with E-state index in [1.807, 2.05) is 22.6 Å². The third kappa shape index (κ3) is 5.98. The minimum atomic E-state index is -0.504. The molecular formula is C19H20IN3O6. The minimum absolute atomic E-state index is 0.0344. The van der Waals surface area contributed by atoms with Gasteiger partial charge in [-0.2, -0.15) is 5.10 Å². The Balaban J connectivity index is 1.91. The van der Waals surface area contributed by atoms with E-state index in [1.54, 1.807) is 24.3 Å². The first-order chi connectivity index (χ1) is 13.9. The molecule has 0 aliphatic heterocycles. The normalized spacial score (nSPS) is 10.5. The molecule has 0 saturated heterocycles. The smallest absolute Gasteiger partial charge is 0.259 e. The van der Waals surface area contributed by atoms with Gasteiger partial charge in [0.15, 0.2) is 23.0 Å². The van der Waals surface area contributed by atoms with Gasteiger partial charge in [-0.25, -0.2) is 5.43 Å². The van der Waals surface area contributed by atoms with Crippen molar-refractivity contribution >= 4 is 40.6 Å². The first kappa shape index (κ1) is 22.3. The number of hydrogen-bond donors (Lipinski definition) is 3. The lowest BCUT2D eigenvalue weighted by Crippen LogP contribution is -2.34. The summed E-state index contributed by atoms with van der Waals surface area (Å²) in [5, 5.41) is 16.1. The monoisotopic (exact) mass is 513 g/mol. The van der Waals surface area contributed by atoms with Gasteiger partial charge in [-0.3, -0.25) is 9.59 Å². The minimum Gasteiger partial charge on any atom is -0.504 e. The summed E-state index contributed by atoms with van der Waals surface area (Å²) >= 11 is 1.96. The number of carbonyl (C=O) groups is 2. The summed E-state index contributed by atoms with van der Waals surface area (Å²) < 4.78 is 15.9. The van der Waals surface area contributed by atoms with Crippen LogP contribution in [0.5, 0.6) is 23.0 Å². The second-order valence-electron chi connectivity index (χ2n) is 5.60. The highest BCUT2D eigenvalue weighted by Gasteiger charge is 2.12. The molecule has 2 aromatic rings. The van der Waals surface area contributed by atoms with E-state index in [4.69, 9.17) is 14.2 Å². The van der Waals surface area contributed by atoms with Crippen molar-refractivity contribution < 1.29 is 28.9 Å². The maximum absolute atomic E-state index is 12.2. The van der Waals surface area contributed by atoms with Crippen LogP contribution in [0.15, 0.2) is 35.4 Å². The van der Waals surface area contributed by atoms with Crippen LogP contribution in [0.1, 0.15) is 15.9 Å². The van der Waals surface area contributed by atoms with E-state index < -0.39 is 11.8 Å². The van der Waals surface area contributed by atoms with Crippen LogP contribution in [0.4, 0.5) is 0 Å². The Hall–Kier alpha value is -3.02. The molecule has 0 atom stereocenters. The van der Waals surface area contributed by atoms with Gasteiger partial charge in [0.25, 0.3) is 11.8 Å². The van der Waals surface area contributed by atoms with Crippen molar-refractivity contribution in [2.24, 2.45) is 5.10 Å². The number of halogens is 1. The number of rotatable bonds is 8. The number of ether oxygens (including phenoxy) is 3. The van der Waals surface area contributed by atoms with E-state index in [-0.39, 0.29) is 12.3 Å². The average molecular weight is 513 g/mol. The number of methoxy groups -OCH3 is 3. The number of amides is 2. The largest absolute Gasteiger partial charge is 0.504 e. The van der Waals surface area contributed by atoms with E-state index in [0.717, 1.165) is 0 Å². The van der Waals surface area contributed by atoms with Crippen LogP contribution in [0.3, 0.4) is 0 Å². The molecule has 0 heterocycles. The Morgan fingerprint density at radius 2 is 1.76 bits per heavy atom. The van der Waals surface area contributed by atoms with Gasteiger partial charge in [0.05, 0.1) is 37.7 Å². The molecule has 2 rings (SSSR count). The van der Waals surface area contributed by atoms with Crippen molar-refractivity contribution in [3.8, 4) is 23.0 Å². The highest BCUT2D eigenvalue weighted by molar-refractivity contribution is 14.1. The fraction of sp³-hybridized carbons (Fsp3) is 0.211. The number of nitrogens with one attached hydrogen (secondary N) is 2. The Morgan fingerprint density at radius 3 is 2.41 bits per heavy atom. The van der Waals surface area contributed by atoms with Gasteiger partial charge in [0.2, 0.25) is 0 Å². The quantitative estimate of drug-likeness (QED) is 0.282. The van der Waals surface area contributed by atoms with E-state index in [0.29, 0.717) is 31.9 Å². The van der Waals surface area contributed by atoms with E-state index in [1.165, 1.54) is 33.6 Å². The molecule has 0 aromatic heterocycles. The molecule has 0 unspecified atom stereocenters. The van der Waals surface area contributed by atoms with Crippen LogP contribution in [-0.4, -0.2) is 51.0 Å². The zero-order chi connectivity index (χ0) is 21.4. The number of aromatic hydroxyl groups is 1. The van der Waals surface area contributed by atoms with E-state index >= 15 is 0 Å². The van der Waals surface area contributed by atoms with Crippen molar-refractivity contribution in [1.82, 2.24) is 10.7 Å². The fourth-order valence-electron chi connectivity index (χ4n) is 2.28. The lowest BCUT2D eigenvalue weighted by molar-refractivity contribution is -0.120. The lowest BCUT2D eigenvalue weighted by atomic mass is 10.2. The number of phenolic OH excluding ortho intramolecular Hbond substituents is 1. The molecule has 3 N–H and O–H groups in total. The van der Waals surface area contributed by atoms with Crippen molar-refractivity contribution in [3.63, 3.8) is 0 Å². The molecule has 0 radical (unpaired) electrons. The van der Waals surface area contributed by atoms with Crippen molar-refractivity contribution in [2.75, 3.05) is 27.9 Å². The average Bonchev–Trinajstić information content (AvgIpc) is 2.73. The summed E-state index contributed by atoms with van der Waals surface area (Å²) in [7, 11) is 4.40. The molecule has 0 bridgehead atoms. The van der Waals surface area contributed by atoms with Crippen molar-refractivity contribution in [1.29, 1.82) is 0 Å². The molecule has 0 aliphatic rings. The molecule has 0 fully saturated rings. The maximum Gasteiger partial charge on any atom is 0.259 e. The van der Waals surface area contributed by atoms with Gasteiger partial charge in [0, 0.05) is 5.56 Å². The number of nitrogens with zero attached hydrogens (tertiary/aromatic N) is 1. The molecule has 0 spiro atoms. The summed E-state index contributed by atoms with van der Waals surface area (Å²) in [6.45, 7) is -0.263. The van der Waals surface area contributed by atoms with Crippen molar-refractivity contribution in [3.05, 3.63) is 45.0 Å². The molecule has 154 valence electrons. The van der Waals surface area contributed by atoms with Gasteiger partial charge in [-0.05, 0) is 58.5 Å². The maximum atomic E-state index is 12.2. The van der Waals surface area contributed by atoms with Crippen LogP contribution >= 0.6 is 22.6 Å². The molecule has 29 heavy (non-hydrogen) atoms. The number of hydrogen-bond acceptors (Lipinski definition) is 7. The summed E-state index contributed by atoms with van der Waals surface area (Å²) in [5.41, 5.74) is 3.26. The summed E-state index contributed by atoms with van der Waals surface area (Å²) in [4.78, 5) is 24.1. The summed E-state index contributed by atoms with van der Waals surface area (Å²) in [6, 6.07) is 7.93. The number of benzene rings is 2. The number of phenols is 1. The zero-order valence-corrected chi connectivity index (χ0v) is 18.1. The molecule has 2 aromatic carbocycles. The second kappa shape index (κ2) is 10.5. The third-order valence-electron chi connectivity index (χ3n) is 3.73. The fourth-order valence-corrected chi connectivity index (χ4v) is 2.91. The summed E-state index contributed by atoms with van der Waals surface area (Å²) in [5.74, 6) is 0.294. The first-order valence-electron chi connectivity index (χ1n) is 8.28. The highest BCUT2D eigenvalue weighted by atomic mass is 127. The number of carbonyl (C=O) groups excluding carboxylic acids is 2. The third-order valence-corrected chi connectivity index (χ3v) is 4.55. The van der Waals surface area contributed by atoms with E-state index in [9.17, 15) is 14.7 Å². The summed E-state index contributed by atoms with van der Waals surface area (Å²) in [6.07, 6.45) is 1.40. The van der Waals surface area contributed by atoms with Crippen LogP contribution in [0.2, 0.25) is 0 Å². The molecular weight excluding hydrogens is 493 g/mol. The van der Waals surface area contributed by atoms with Crippen LogP contribution in [-0.2, 0) is 4.79 Å². The van der Waals surface area contributed by atoms with Gasteiger partial charge in [-0.15, -0.1) is 0 Å².